The number of amides is 2. The van der Waals surface area contributed by atoms with Gasteiger partial charge in [0.1, 0.15) is 11.5 Å². The highest BCUT2D eigenvalue weighted by molar-refractivity contribution is 7.86. The number of carbonyl (C=O) groups is 1. The Morgan fingerprint density at radius 1 is 1.06 bits per heavy atom. The molecule has 3 aromatic rings. The summed E-state index contributed by atoms with van der Waals surface area (Å²) in [6, 6.07) is 13.1. The summed E-state index contributed by atoms with van der Waals surface area (Å²) in [5.41, 5.74) is -0.865. The normalized spacial score (nSPS) is 11.8. The lowest BCUT2D eigenvalue weighted by Crippen LogP contribution is -2.34. The van der Waals surface area contributed by atoms with E-state index in [4.69, 9.17) is 8.60 Å². The predicted molar refractivity (Wildman–Crippen MR) is 110 cm³/mol. The van der Waals surface area contributed by atoms with Gasteiger partial charge in [-0.15, -0.1) is 0 Å². The third kappa shape index (κ3) is 6.51. The fourth-order valence-electron chi connectivity index (χ4n) is 2.91. The molecule has 1 heterocycles. The van der Waals surface area contributed by atoms with Gasteiger partial charge in [0.2, 0.25) is 0 Å². The molecule has 0 saturated heterocycles. The average Bonchev–Trinajstić information content (AvgIpc) is 3.19. The first-order chi connectivity index (χ1) is 15.0. The molecule has 170 valence electrons. The number of nitrogens with zero attached hydrogens (tertiary/aromatic N) is 1. The minimum atomic E-state index is -4.65. The molecule has 32 heavy (non-hydrogen) atoms. The van der Waals surface area contributed by atoms with Crippen molar-refractivity contribution < 1.29 is 35.0 Å². The minimum absolute atomic E-state index is 0.0375. The highest BCUT2D eigenvalue weighted by Gasteiger charge is 2.34. The van der Waals surface area contributed by atoms with Crippen molar-refractivity contribution in [3.8, 4) is 5.75 Å². The molecule has 0 aliphatic heterocycles. The van der Waals surface area contributed by atoms with Gasteiger partial charge < -0.3 is 18.8 Å². The smallest absolute Gasteiger partial charge is 0.418 e. The summed E-state index contributed by atoms with van der Waals surface area (Å²) in [5.74, 6) is 0.457. The molecule has 0 bridgehead atoms. The summed E-state index contributed by atoms with van der Waals surface area (Å²) < 4.78 is 72.7. The quantitative estimate of drug-likeness (QED) is 0.500. The Labute approximate surface area is 182 Å². The van der Waals surface area contributed by atoms with Gasteiger partial charge in [0.05, 0.1) is 30.3 Å². The van der Waals surface area contributed by atoms with Gasteiger partial charge in [-0.1, -0.05) is 24.3 Å². The van der Waals surface area contributed by atoms with E-state index in [-0.39, 0.29) is 24.5 Å². The molecule has 0 unspecified atom stereocenters. The van der Waals surface area contributed by atoms with E-state index in [0.29, 0.717) is 11.3 Å². The van der Waals surface area contributed by atoms with Crippen LogP contribution < -0.4 is 9.50 Å². The molecule has 0 saturated carbocycles. The molecule has 2 amide bonds. The number of alkyl halides is 3. The van der Waals surface area contributed by atoms with E-state index in [2.05, 4.69) is 5.32 Å². The highest BCUT2D eigenvalue weighted by atomic mass is 32.2. The van der Waals surface area contributed by atoms with Crippen molar-refractivity contribution >= 4 is 21.8 Å². The monoisotopic (exact) mass is 468 g/mol. The van der Waals surface area contributed by atoms with Crippen molar-refractivity contribution in [1.29, 1.82) is 0 Å². The first-order valence-corrected chi connectivity index (χ1v) is 11.1. The maximum absolute atomic E-state index is 13.3. The number of furan rings is 1. The van der Waals surface area contributed by atoms with Gasteiger partial charge in [-0.05, 0) is 42.0 Å². The Kier molecular flexibility index (Phi) is 6.78. The van der Waals surface area contributed by atoms with Crippen molar-refractivity contribution in [3.05, 3.63) is 83.8 Å². The van der Waals surface area contributed by atoms with E-state index in [1.54, 1.807) is 18.2 Å². The zero-order chi connectivity index (χ0) is 23.4. The Morgan fingerprint density at radius 3 is 2.47 bits per heavy atom. The summed E-state index contributed by atoms with van der Waals surface area (Å²) in [4.78, 5) is 14.1. The topological polar surface area (TPSA) is 88.9 Å². The van der Waals surface area contributed by atoms with Gasteiger partial charge in [-0.2, -0.15) is 21.6 Å². The standard InChI is InChI=1S/C21H19F3N2O5S/c1-32(28,29)31-16-7-4-6-15(12-16)13-26(14-17-8-5-11-30-17)20(27)25-19-10-3-2-9-18(19)21(22,23)24/h2-12H,13-14H2,1H3,(H,25,27). The van der Waals surface area contributed by atoms with Gasteiger partial charge in [-0.3, -0.25) is 0 Å². The van der Waals surface area contributed by atoms with Crippen LogP contribution in [0, 0.1) is 0 Å². The molecule has 0 fully saturated rings. The second-order valence-corrected chi connectivity index (χ2v) is 8.42. The van der Waals surface area contributed by atoms with Crippen LogP contribution in [-0.4, -0.2) is 25.6 Å². The van der Waals surface area contributed by atoms with Crippen LogP contribution in [0.15, 0.2) is 71.3 Å². The van der Waals surface area contributed by atoms with Gasteiger partial charge >= 0.3 is 22.3 Å². The van der Waals surface area contributed by atoms with Crippen LogP contribution in [-0.2, 0) is 29.4 Å². The molecule has 0 atom stereocenters. The molecule has 7 nitrogen and oxygen atoms in total. The lowest BCUT2D eigenvalue weighted by atomic mass is 10.1. The Bertz CT molecular complexity index is 1180. The third-order valence-corrected chi connectivity index (χ3v) is 4.70. The van der Waals surface area contributed by atoms with Crippen LogP contribution in [0.4, 0.5) is 23.7 Å². The van der Waals surface area contributed by atoms with Crippen LogP contribution in [0.3, 0.4) is 0 Å². The lowest BCUT2D eigenvalue weighted by molar-refractivity contribution is -0.136. The predicted octanol–water partition coefficient (Wildman–Crippen LogP) is 4.87. The van der Waals surface area contributed by atoms with E-state index in [0.717, 1.165) is 18.4 Å². The highest BCUT2D eigenvalue weighted by Crippen LogP contribution is 2.34. The number of anilines is 1. The molecule has 11 heteroatoms. The van der Waals surface area contributed by atoms with Gasteiger partial charge in [0.25, 0.3) is 0 Å². The molecule has 0 radical (unpaired) electrons. The van der Waals surface area contributed by atoms with Crippen LogP contribution in [0.25, 0.3) is 0 Å². The zero-order valence-electron chi connectivity index (χ0n) is 16.8. The van der Waals surface area contributed by atoms with Crippen LogP contribution in [0.5, 0.6) is 5.75 Å². The maximum Gasteiger partial charge on any atom is 0.418 e. The van der Waals surface area contributed by atoms with Crippen molar-refractivity contribution in [2.75, 3.05) is 11.6 Å². The Balaban J connectivity index is 1.86. The molecule has 0 aliphatic carbocycles. The summed E-state index contributed by atoms with van der Waals surface area (Å²) in [5, 5.41) is 2.30. The number of hydrogen-bond donors (Lipinski definition) is 1. The number of carbonyl (C=O) groups excluding carboxylic acids is 1. The Hall–Kier alpha value is -3.47. The number of hydrogen-bond acceptors (Lipinski definition) is 5. The van der Waals surface area contributed by atoms with Crippen molar-refractivity contribution in [1.82, 2.24) is 4.90 Å². The minimum Gasteiger partial charge on any atom is -0.467 e. The average molecular weight is 468 g/mol. The van der Waals surface area contributed by atoms with Crippen molar-refractivity contribution in [2.45, 2.75) is 19.3 Å². The van der Waals surface area contributed by atoms with Crippen LogP contribution in [0.2, 0.25) is 0 Å². The molecular weight excluding hydrogens is 449 g/mol. The first kappa shape index (κ1) is 23.2. The van der Waals surface area contributed by atoms with E-state index < -0.39 is 27.9 Å². The number of rotatable bonds is 7. The summed E-state index contributed by atoms with van der Waals surface area (Å²) in [6.45, 7) is -0.0914. The fraction of sp³-hybridized carbons (Fsp3) is 0.190. The van der Waals surface area contributed by atoms with Crippen LogP contribution in [0.1, 0.15) is 16.9 Å². The molecule has 1 N–H and O–H groups in total. The third-order valence-electron chi connectivity index (χ3n) is 4.21. The number of benzene rings is 2. The SMILES string of the molecule is CS(=O)(=O)Oc1cccc(CN(Cc2ccco2)C(=O)Nc2ccccc2C(F)(F)F)c1. The largest absolute Gasteiger partial charge is 0.467 e. The number of halogens is 3. The van der Waals surface area contributed by atoms with Crippen molar-refractivity contribution in [2.24, 2.45) is 0 Å². The lowest BCUT2D eigenvalue weighted by Gasteiger charge is -2.23. The van der Waals surface area contributed by atoms with Gasteiger partial charge in [0, 0.05) is 6.54 Å². The Morgan fingerprint density at radius 2 is 1.81 bits per heavy atom. The fourth-order valence-corrected chi connectivity index (χ4v) is 3.37. The first-order valence-electron chi connectivity index (χ1n) is 9.24. The second-order valence-electron chi connectivity index (χ2n) is 6.84. The van der Waals surface area contributed by atoms with E-state index in [1.165, 1.54) is 41.5 Å². The molecule has 1 aromatic heterocycles. The molecule has 3 rings (SSSR count). The molecular formula is C21H19F3N2O5S. The van der Waals surface area contributed by atoms with E-state index >= 15 is 0 Å². The van der Waals surface area contributed by atoms with E-state index in [1.807, 2.05) is 0 Å². The molecule has 0 spiro atoms. The summed E-state index contributed by atoms with van der Waals surface area (Å²) >= 11 is 0. The second kappa shape index (κ2) is 9.35. The number of para-hydroxylation sites is 1. The van der Waals surface area contributed by atoms with E-state index in [9.17, 15) is 26.4 Å². The molecule has 0 aliphatic rings. The molecule has 2 aromatic carbocycles. The summed E-state index contributed by atoms with van der Waals surface area (Å²) in [6.07, 6.45) is -2.34. The van der Waals surface area contributed by atoms with Gasteiger partial charge in [-0.25, -0.2) is 4.79 Å². The number of nitrogens with one attached hydrogen (secondary N) is 1. The number of urea groups is 1. The maximum atomic E-state index is 13.3. The van der Waals surface area contributed by atoms with Crippen LogP contribution >= 0.6 is 0 Å². The summed E-state index contributed by atoms with van der Waals surface area (Å²) in [7, 11) is -3.75. The van der Waals surface area contributed by atoms with Gasteiger partial charge in [0.15, 0.2) is 0 Å². The van der Waals surface area contributed by atoms with Crippen molar-refractivity contribution in [3.63, 3.8) is 0 Å². The zero-order valence-corrected chi connectivity index (χ0v) is 17.6.